The highest BCUT2D eigenvalue weighted by atomic mass is 32.2. The zero-order valence-electron chi connectivity index (χ0n) is 15.0. The highest BCUT2D eigenvalue weighted by Crippen LogP contribution is 2.37. The van der Waals surface area contributed by atoms with Crippen molar-refractivity contribution in [1.82, 2.24) is 15.2 Å². The van der Waals surface area contributed by atoms with E-state index in [1.165, 1.54) is 27.4 Å². The van der Waals surface area contributed by atoms with Crippen molar-refractivity contribution < 1.29 is 24.1 Å². The number of carbonyl (C=O) groups is 1. The summed E-state index contributed by atoms with van der Waals surface area (Å²) < 4.78 is 15.9. The van der Waals surface area contributed by atoms with Crippen LogP contribution in [0.1, 0.15) is 24.7 Å². The van der Waals surface area contributed by atoms with Crippen LogP contribution in [0.25, 0.3) is 6.08 Å². The van der Waals surface area contributed by atoms with Gasteiger partial charge in [0.2, 0.25) is 5.16 Å². The Morgan fingerprint density at radius 1 is 1.23 bits per heavy atom. The molecule has 1 aromatic carbocycles. The number of benzene rings is 1. The van der Waals surface area contributed by atoms with Gasteiger partial charge < -0.3 is 24.1 Å². The second-order valence-corrected chi connectivity index (χ2v) is 6.17. The average Bonchev–Trinajstić information content (AvgIpc) is 3.08. The smallest absolute Gasteiger partial charge is 0.213 e. The minimum atomic E-state index is -1.35. The van der Waals surface area contributed by atoms with Gasteiger partial charge >= 0.3 is 0 Å². The number of ether oxygens (including phenoxy) is 3. The molecule has 0 aliphatic rings. The van der Waals surface area contributed by atoms with Gasteiger partial charge in [0.15, 0.2) is 0 Å². The molecule has 0 bridgehead atoms. The molecule has 0 spiro atoms. The summed E-state index contributed by atoms with van der Waals surface area (Å²) in [7, 11) is 4.47. The van der Waals surface area contributed by atoms with E-state index in [0.29, 0.717) is 33.8 Å². The number of rotatable bonds is 9. The van der Waals surface area contributed by atoms with Gasteiger partial charge in [-0.2, -0.15) is 0 Å². The van der Waals surface area contributed by atoms with Crippen molar-refractivity contribution in [2.45, 2.75) is 24.9 Å². The van der Waals surface area contributed by atoms with Crippen LogP contribution in [0.4, 0.5) is 0 Å². The minimum absolute atomic E-state index is 0.0752. The molecule has 9 heteroatoms. The summed E-state index contributed by atoms with van der Waals surface area (Å²) in [5.41, 5.74) is 0.451. The number of aliphatic carboxylic acids is 1. The van der Waals surface area contributed by atoms with Gasteiger partial charge in [-0.25, -0.2) is 4.98 Å². The molecule has 1 heterocycles. The minimum Gasteiger partial charge on any atom is -0.544 e. The van der Waals surface area contributed by atoms with E-state index in [-0.39, 0.29) is 4.91 Å². The monoisotopic (exact) mass is 378 g/mol. The van der Waals surface area contributed by atoms with Crippen LogP contribution in [-0.2, 0) is 11.2 Å². The van der Waals surface area contributed by atoms with Crippen LogP contribution in [-0.4, -0.2) is 42.5 Å². The van der Waals surface area contributed by atoms with Crippen LogP contribution in [0, 0.1) is 0 Å². The van der Waals surface area contributed by atoms with Crippen LogP contribution in [0.5, 0.6) is 17.2 Å². The lowest BCUT2D eigenvalue weighted by atomic mass is 10.1. The molecule has 8 nitrogen and oxygen atoms in total. The Labute approximate surface area is 155 Å². The Morgan fingerprint density at radius 2 is 1.88 bits per heavy atom. The van der Waals surface area contributed by atoms with Gasteiger partial charge in [-0.3, -0.25) is 5.10 Å². The fourth-order valence-electron chi connectivity index (χ4n) is 2.21. The van der Waals surface area contributed by atoms with E-state index in [1.807, 2.05) is 6.92 Å². The highest BCUT2D eigenvalue weighted by Gasteiger charge is 2.15. The van der Waals surface area contributed by atoms with Crippen LogP contribution < -0.4 is 19.3 Å². The third kappa shape index (κ3) is 4.69. The van der Waals surface area contributed by atoms with Crippen LogP contribution in [0.2, 0.25) is 0 Å². The summed E-state index contributed by atoms with van der Waals surface area (Å²) in [4.78, 5) is 15.8. The summed E-state index contributed by atoms with van der Waals surface area (Å²) in [5, 5.41) is 18.7. The Balaban J connectivity index is 2.42. The van der Waals surface area contributed by atoms with Gasteiger partial charge in [0.05, 0.1) is 32.9 Å². The maximum absolute atomic E-state index is 11.6. The highest BCUT2D eigenvalue weighted by molar-refractivity contribution is 8.04. The number of thioether (sulfide) groups is 1. The second-order valence-electron chi connectivity index (χ2n) is 5.16. The van der Waals surface area contributed by atoms with Gasteiger partial charge in [0.1, 0.15) is 23.1 Å². The van der Waals surface area contributed by atoms with Crippen molar-refractivity contribution in [3.63, 3.8) is 0 Å². The molecule has 1 aromatic heterocycles. The molecule has 1 N–H and O–H groups in total. The second kappa shape index (κ2) is 9.14. The molecule has 26 heavy (non-hydrogen) atoms. The number of aromatic nitrogens is 3. The quantitative estimate of drug-likeness (QED) is 0.518. The average molecular weight is 378 g/mol. The summed E-state index contributed by atoms with van der Waals surface area (Å²) in [6.07, 6.45) is 3.05. The Bertz CT molecular complexity index is 778. The molecule has 140 valence electrons. The van der Waals surface area contributed by atoms with Crippen molar-refractivity contribution in [3.05, 3.63) is 28.4 Å². The van der Waals surface area contributed by atoms with E-state index in [9.17, 15) is 9.90 Å². The third-order valence-corrected chi connectivity index (χ3v) is 4.30. The van der Waals surface area contributed by atoms with Gasteiger partial charge in [0, 0.05) is 23.5 Å². The number of carbonyl (C=O) groups excluding carboxylic acids is 1. The number of carboxylic acid groups (broad SMARTS) is 1. The molecule has 0 amide bonds. The van der Waals surface area contributed by atoms with Crippen molar-refractivity contribution in [3.8, 4) is 17.2 Å². The standard InChI is InChI=1S/C17H21N3O5S/c1-5-6-15-18-17(20-19-15)26-14(16(21)22)9-11-12(24-3)7-10(23-2)8-13(11)25-4/h7-9H,5-6H2,1-4H3,(H,21,22)(H,18,19,20)/p-1/b14-9-. The molecule has 2 aromatic rings. The van der Waals surface area contributed by atoms with Crippen LogP contribution >= 0.6 is 11.8 Å². The molecular formula is C17H20N3O5S-. The zero-order valence-corrected chi connectivity index (χ0v) is 15.8. The van der Waals surface area contributed by atoms with Gasteiger partial charge in [-0.1, -0.05) is 6.92 Å². The van der Waals surface area contributed by atoms with E-state index >= 15 is 0 Å². The SMILES string of the molecule is CCCc1nc(S/C(=C\c2c(OC)cc(OC)cc2OC)C(=O)[O-])n[nH]1. The third-order valence-electron chi connectivity index (χ3n) is 3.43. The number of hydrogen-bond donors (Lipinski definition) is 1. The lowest BCUT2D eigenvalue weighted by Crippen LogP contribution is -2.23. The predicted molar refractivity (Wildman–Crippen MR) is 95.3 cm³/mol. The fraction of sp³-hybridized carbons (Fsp3) is 0.353. The van der Waals surface area contributed by atoms with Crippen molar-refractivity contribution in [2.24, 2.45) is 0 Å². The number of methoxy groups -OCH3 is 3. The van der Waals surface area contributed by atoms with Gasteiger partial charge in [-0.15, -0.1) is 5.10 Å². The van der Waals surface area contributed by atoms with E-state index < -0.39 is 5.97 Å². The van der Waals surface area contributed by atoms with E-state index in [4.69, 9.17) is 14.2 Å². The van der Waals surface area contributed by atoms with Crippen molar-refractivity contribution >= 4 is 23.8 Å². The first kappa shape index (κ1) is 19.6. The van der Waals surface area contributed by atoms with Crippen molar-refractivity contribution in [2.75, 3.05) is 21.3 Å². The lowest BCUT2D eigenvalue weighted by molar-refractivity contribution is -0.297. The van der Waals surface area contributed by atoms with Crippen LogP contribution in [0.15, 0.2) is 22.2 Å². The zero-order chi connectivity index (χ0) is 19.1. The molecule has 0 unspecified atom stereocenters. The van der Waals surface area contributed by atoms with E-state index in [1.54, 1.807) is 12.1 Å². The maximum Gasteiger partial charge on any atom is 0.213 e. The van der Waals surface area contributed by atoms with E-state index in [2.05, 4.69) is 15.2 Å². The predicted octanol–water partition coefficient (Wildman–Crippen LogP) is 1.67. The van der Waals surface area contributed by atoms with Crippen LogP contribution in [0.3, 0.4) is 0 Å². The number of carboxylic acids is 1. The molecule has 0 aliphatic carbocycles. The largest absolute Gasteiger partial charge is 0.544 e. The number of H-pyrrole nitrogens is 1. The Kier molecular flexibility index (Phi) is 6.90. The first-order valence-corrected chi connectivity index (χ1v) is 8.66. The number of nitrogens with one attached hydrogen (secondary N) is 1. The van der Waals surface area contributed by atoms with Gasteiger partial charge in [0.25, 0.3) is 0 Å². The summed E-state index contributed by atoms with van der Waals surface area (Å²) in [6.45, 7) is 2.02. The van der Waals surface area contributed by atoms with Gasteiger partial charge in [-0.05, 0) is 24.3 Å². The molecule has 0 aliphatic heterocycles. The Hall–Kier alpha value is -2.68. The topological polar surface area (TPSA) is 109 Å². The Morgan fingerprint density at radius 3 is 2.38 bits per heavy atom. The summed E-state index contributed by atoms with van der Waals surface area (Å²) in [5.74, 6) is 0.685. The summed E-state index contributed by atoms with van der Waals surface area (Å²) >= 11 is 0.890. The summed E-state index contributed by atoms with van der Waals surface area (Å²) in [6, 6.07) is 3.27. The number of nitrogens with zero attached hydrogens (tertiary/aromatic N) is 2. The first-order chi connectivity index (χ1) is 12.5. The number of aromatic amines is 1. The van der Waals surface area contributed by atoms with Crippen molar-refractivity contribution in [1.29, 1.82) is 0 Å². The number of aryl methyl sites for hydroxylation is 1. The molecule has 0 fully saturated rings. The molecule has 0 saturated heterocycles. The fourth-order valence-corrected chi connectivity index (χ4v) is 2.91. The molecule has 0 radical (unpaired) electrons. The molecule has 0 atom stereocenters. The van der Waals surface area contributed by atoms with E-state index in [0.717, 1.165) is 24.6 Å². The first-order valence-electron chi connectivity index (χ1n) is 7.84. The normalized spacial score (nSPS) is 11.3. The molecule has 0 saturated carbocycles. The number of hydrogen-bond acceptors (Lipinski definition) is 8. The maximum atomic E-state index is 11.6. The lowest BCUT2D eigenvalue weighted by Gasteiger charge is -2.14. The molecular weight excluding hydrogens is 358 g/mol. The molecule has 2 rings (SSSR count).